The minimum atomic E-state index is -3.76. The molecule has 48 nitrogen and oxygen atoms in total. The molecule has 4 amide bonds. The van der Waals surface area contributed by atoms with Crippen molar-refractivity contribution in [2.24, 2.45) is 0 Å². The number of ether oxygens (including phenoxy) is 14. The number of carboxylic acids is 2. The van der Waals surface area contributed by atoms with Gasteiger partial charge in [-0.1, -0.05) is 231 Å². The van der Waals surface area contributed by atoms with E-state index in [9.17, 15) is 151 Å². The molecule has 7 heterocycles. The minimum Gasteiger partial charge on any atom is -0.477 e. The Hall–Kier alpha value is -4.88. The minimum absolute atomic E-state index is 0.0665. The Morgan fingerprint density at radius 1 is 0.370 bits per heavy atom. The fourth-order valence-electron chi connectivity index (χ4n) is 19.8. The van der Waals surface area contributed by atoms with Crippen molar-refractivity contribution in [2.75, 3.05) is 52.9 Å². The second-order valence-electron chi connectivity index (χ2n) is 39.9. The SMILES string of the molecule is CCCCCCCCCCCCC/C=C/[C@@H](O)[C@H](CO[C@@H]1OC(CO)[C@@H](O[C@@H]2OC(CO)[C@H](O[C@@H]3OC(CO)[C@H](O)[C@H](O[C@@H]4OC(CO)[C@H](O)[C@H](O[C@H]5OC(CO)[C@H](O)[C@H](O)C5O)C4O)C3NC(C)=O)[C@H](O[C@]3(C(=O)O)CC(O)[C@@H](NC(C)=O)C([C@H](O)[C@@H](CO)O[C@]4(C(=O)O)CC(O)[C@@H](NC(C)=O)C([C@H](O)[C@H](O)CO)O4)O3)C2O)[C@H](O)C1O)NC(=O)CCCCCCCCCCCCCCCCCCCCCCCCC. The maximum Gasteiger partial charge on any atom is 0.364 e. The van der Waals surface area contributed by atoms with Gasteiger partial charge in [0.15, 0.2) is 31.5 Å². The van der Waals surface area contributed by atoms with Crippen LogP contribution in [0.15, 0.2) is 12.2 Å². The van der Waals surface area contributed by atoms with Gasteiger partial charge < -0.3 is 210 Å². The van der Waals surface area contributed by atoms with E-state index in [-0.39, 0.29) is 6.42 Å². The highest BCUT2D eigenvalue weighted by Gasteiger charge is 2.65. The molecule has 850 valence electrons. The molecule has 7 aliphatic heterocycles. The zero-order valence-corrected chi connectivity index (χ0v) is 84.9. The Morgan fingerprint density at radius 3 is 1.18 bits per heavy atom. The predicted molar refractivity (Wildman–Crippen MR) is 509 cm³/mol. The summed E-state index contributed by atoms with van der Waals surface area (Å²) in [6.45, 7) is -2.41. The van der Waals surface area contributed by atoms with Crippen LogP contribution >= 0.6 is 0 Å². The molecule has 7 rings (SSSR count). The third-order valence-electron chi connectivity index (χ3n) is 28.2. The van der Waals surface area contributed by atoms with Gasteiger partial charge in [-0.15, -0.1) is 0 Å². The quantitative estimate of drug-likeness (QED) is 0.0214. The van der Waals surface area contributed by atoms with Crippen LogP contribution in [0.5, 0.6) is 0 Å². The molecule has 7 fully saturated rings. The number of carbonyl (C=O) groups excluding carboxylic acids is 4. The summed E-state index contributed by atoms with van der Waals surface area (Å²) < 4.78 is 84.3. The number of aliphatic hydroxyl groups excluding tert-OH is 22. The second-order valence-corrected chi connectivity index (χ2v) is 39.9. The van der Waals surface area contributed by atoms with E-state index in [0.29, 0.717) is 12.8 Å². The Bertz CT molecular complexity index is 3690. The molecule has 7 saturated heterocycles. The smallest absolute Gasteiger partial charge is 0.364 e. The first kappa shape index (κ1) is 128. The van der Waals surface area contributed by atoms with E-state index in [1.165, 1.54) is 147 Å². The van der Waals surface area contributed by atoms with Crippen LogP contribution in [0.4, 0.5) is 0 Å². The number of aliphatic carboxylic acids is 2. The molecule has 0 aliphatic carbocycles. The first-order valence-corrected chi connectivity index (χ1v) is 52.7. The third kappa shape index (κ3) is 38.0. The topological polar surface area (TPSA) is 765 Å². The van der Waals surface area contributed by atoms with Gasteiger partial charge in [0.2, 0.25) is 23.6 Å². The molecule has 0 aromatic carbocycles. The van der Waals surface area contributed by atoms with Crippen LogP contribution in [0.2, 0.25) is 0 Å². The van der Waals surface area contributed by atoms with Crippen molar-refractivity contribution in [1.29, 1.82) is 0 Å². The molecule has 14 unspecified atom stereocenters. The molecule has 0 saturated carbocycles. The summed E-state index contributed by atoms with van der Waals surface area (Å²) in [6, 6.07) is -7.37. The largest absolute Gasteiger partial charge is 0.477 e. The van der Waals surface area contributed by atoms with Crippen LogP contribution in [0.3, 0.4) is 0 Å². The number of rotatable bonds is 70. The van der Waals surface area contributed by atoms with Crippen molar-refractivity contribution in [3.05, 3.63) is 12.2 Å². The molecule has 0 bridgehead atoms. The summed E-state index contributed by atoms with van der Waals surface area (Å²) in [6.07, 6.45) is -33.7. The fraction of sp³-hybridized carbons (Fsp3) is 0.918. The lowest BCUT2D eigenvalue weighted by molar-refractivity contribution is -0.405. The summed E-state index contributed by atoms with van der Waals surface area (Å²) in [7, 11) is 0. The average Bonchev–Trinajstić information content (AvgIpc) is 0.731. The van der Waals surface area contributed by atoms with Crippen LogP contribution in [0.25, 0.3) is 0 Å². The highest BCUT2D eigenvalue weighted by molar-refractivity contribution is 5.78. The number of hydrogen-bond acceptors (Lipinski definition) is 42. The van der Waals surface area contributed by atoms with E-state index < -0.39 is 339 Å². The summed E-state index contributed by atoms with van der Waals surface area (Å²) in [4.78, 5) is 81.3. The van der Waals surface area contributed by atoms with Crippen LogP contribution in [-0.2, 0) is 95.1 Å². The lowest BCUT2D eigenvalue weighted by Crippen LogP contribution is -2.73. The number of nitrogens with one attached hydrogen (secondary N) is 4. The third-order valence-corrected chi connectivity index (χ3v) is 28.2. The number of hydrogen-bond donors (Lipinski definition) is 28. The van der Waals surface area contributed by atoms with Crippen molar-refractivity contribution in [3.63, 3.8) is 0 Å². The zero-order chi connectivity index (χ0) is 107. The number of amides is 4. The van der Waals surface area contributed by atoms with Gasteiger partial charge in [0.25, 0.3) is 11.6 Å². The van der Waals surface area contributed by atoms with Gasteiger partial charge in [-0.2, -0.15) is 0 Å². The normalized spacial score (nSPS) is 35.3. The number of unbranched alkanes of at least 4 members (excludes halogenated alkanes) is 33. The van der Waals surface area contributed by atoms with Crippen molar-refractivity contribution in [2.45, 2.75) is 517 Å². The molecular formula is C98H174N4O44. The van der Waals surface area contributed by atoms with Crippen LogP contribution in [0.1, 0.15) is 279 Å². The standard InChI is InChI=1S/C98H174N4O44/c1-6-8-10-12-14-16-18-20-21-22-23-24-25-26-27-28-29-31-33-35-37-39-41-43-68(117)102-57(58(113)42-40-38-36-34-32-30-19-17-15-13-11-9-7-2)53-133-91-80(126)78(124)83(66(51-108)137-91)139-94-82(128)89(146-98(96(131)132)45-60(115)70(100-55(4)111)87(145-98)76(122)65(50-107)143-97(95(129)130)44-59(114)69(99-54(3)110)86(144-97)72(118)61(116)46-103)84(67(52-109)138-94)140-90-71(101-56(5)112)85(74(120)63(48-105)134-90)141-93-81(127)88(75(121)64(49-106)136-93)142-92-79(125)77(123)73(119)62(47-104)135-92/h40,42,57-67,69-94,103-109,113-116,118-128H,6-39,41,43-53H2,1-5H3,(H,99,110)(H,100,111)(H,101,112)(H,102,117)(H,129,130)(H,131,132)/b42-40+/t57-,58+,59?,60?,61+,62?,63?,64?,65+,66?,67?,69+,70+,71?,72+,73-,74-,75-,76+,77-,78+,79?,80?,81?,82?,83+,84-,85+,86?,87?,88-,89+,90-,91+,92+,93-,94-,97+,98-/m0/s1. The van der Waals surface area contributed by atoms with Crippen molar-refractivity contribution in [1.82, 2.24) is 21.3 Å². The predicted octanol–water partition coefficient (Wildman–Crippen LogP) is -2.92. The second kappa shape index (κ2) is 66.4. The Kier molecular flexibility index (Phi) is 58.2. The molecule has 39 atom stereocenters. The van der Waals surface area contributed by atoms with Crippen LogP contribution < -0.4 is 21.3 Å². The number of carboxylic acid groups (broad SMARTS) is 2. The van der Waals surface area contributed by atoms with E-state index in [4.69, 9.17) is 66.3 Å². The van der Waals surface area contributed by atoms with Gasteiger partial charge in [0.1, 0.15) is 159 Å². The van der Waals surface area contributed by atoms with Gasteiger partial charge in [-0.05, 0) is 19.3 Å². The monoisotopic (exact) mass is 2110 g/mol. The summed E-state index contributed by atoms with van der Waals surface area (Å²) in [5.41, 5.74) is 0. The summed E-state index contributed by atoms with van der Waals surface area (Å²) in [5, 5.41) is 283. The van der Waals surface area contributed by atoms with Crippen molar-refractivity contribution >= 4 is 35.6 Å². The Balaban J connectivity index is 1.17. The molecule has 0 spiro atoms. The molecule has 0 aromatic heterocycles. The summed E-state index contributed by atoms with van der Waals surface area (Å²) >= 11 is 0. The lowest BCUT2D eigenvalue weighted by Gasteiger charge is -2.53. The molecule has 7 aliphatic rings. The van der Waals surface area contributed by atoms with E-state index >= 15 is 0 Å². The first-order chi connectivity index (χ1) is 69.8. The molecule has 48 heteroatoms. The number of aliphatic hydroxyl groups is 22. The fourth-order valence-corrected chi connectivity index (χ4v) is 19.8. The summed E-state index contributed by atoms with van der Waals surface area (Å²) in [5.74, 6) is -15.3. The maximum atomic E-state index is 14.6. The van der Waals surface area contributed by atoms with Gasteiger partial charge in [-0.25, -0.2) is 9.59 Å². The number of carbonyl (C=O) groups is 6. The van der Waals surface area contributed by atoms with Crippen molar-refractivity contribution < 1.29 is 218 Å². The molecular weight excluding hydrogens is 1940 g/mol. The van der Waals surface area contributed by atoms with Gasteiger partial charge in [0.05, 0.1) is 89.3 Å². The van der Waals surface area contributed by atoms with Crippen LogP contribution in [0, 0.1) is 0 Å². The van der Waals surface area contributed by atoms with Crippen molar-refractivity contribution in [3.8, 4) is 0 Å². The van der Waals surface area contributed by atoms with Crippen LogP contribution in [-0.4, -0.2) is 449 Å². The molecule has 146 heavy (non-hydrogen) atoms. The maximum absolute atomic E-state index is 14.6. The van der Waals surface area contributed by atoms with E-state index in [1.807, 2.05) is 0 Å². The zero-order valence-electron chi connectivity index (χ0n) is 84.9. The highest BCUT2D eigenvalue weighted by Crippen LogP contribution is 2.44. The van der Waals surface area contributed by atoms with Gasteiger partial charge >= 0.3 is 11.9 Å². The Labute approximate surface area is 852 Å². The molecule has 0 aromatic rings. The van der Waals surface area contributed by atoms with Gasteiger partial charge in [-0.3, -0.25) is 19.2 Å². The Morgan fingerprint density at radius 2 is 0.733 bits per heavy atom. The van der Waals surface area contributed by atoms with Gasteiger partial charge in [0, 0.05) is 40.0 Å². The average molecular weight is 2110 g/mol. The molecule has 0 radical (unpaired) electrons. The van der Waals surface area contributed by atoms with E-state index in [1.54, 1.807) is 6.08 Å². The first-order valence-electron chi connectivity index (χ1n) is 52.7. The number of allylic oxidation sites excluding steroid dienone is 1. The van der Waals surface area contributed by atoms with E-state index in [0.717, 1.165) is 91.4 Å². The molecule has 28 N–H and O–H groups in total. The van der Waals surface area contributed by atoms with E-state index in [2.05, 4.69) is 35.1 Å². The highest BCUT2D eigenvalue weighted by atomic mass is 16.8. The lowest BCUT2D eigenvalue weighted by atomic mass is 9.87.